The van der Waals surface area contributed by atoms with E-state index in [-0.39, 0.29) is 19.0 Å². The van der Waals surface area contributed by atoms with Gasteiger partial charge in [0, 0.05) is 12.6 Å². The molecule has 1 saturated heterocycles. The summed E-state index contributed by atoms with van der Waals surface area (Å²) < 4.78 is 35.7. The molecule has 1 rings (SSSR count). The lowest BCUT2D eigenvalue weighted by molar-refractivity contribution is -0.169. The fraction of sp³-hybridized carbons (Fsp3) is 1.00. The molecule has 1 nitrogen and oxygen atoms in total. The van der Waals surface area contributed by atoms with E-state index in [1.165, 1.54) is 0 Å². The molecule has 0 radical (unpaired) electrons. The molecule has 0 amide bonds. The first-order chi connectivity index (χ1) is 4.50. The smallest absolute Gasteiger partial charge is 0.314 e. The van der Waals surface area contributed by atoms with Crippen LogP contribution in [0.25, 0.3) is 0 Å². The Balaban J connectivity index is 2.45. The molecule has 0 aliphatic carbocycles. The van der Waals surface area contributed by atoms with Crippen LogP contribution < -0.4 is 5.32 Å². The van der Waals surface area contributed by atoms with Crippen molar-refractivity contribution >= 4 is 0 Å². The van der Waals surface area contributed by atoms with Gasteiger partial charge < -0.3 is 5.32 Å². The van der Waals surface area contributed by atoms with Gasteiger partial charge in [-0.1, -0.05) is 0 Å². The molecular weight excluding hydrogens is 143 g/mol. The lowest BCUT2D eigenvalue weighted by Gasteiger charge is -2.12. The lowest BCUT2D eigenvalue weighted by Crippen LogP contribution is -2.24. The van der Waals surface area contributed by atoms with Gasteiger partial charge in [0.05, 0.1) is 5.92 Å². The summed E-state index contributed by atoms with van der Waals surface area (Å²) in [5.74, 6) is -1.12. The zero-order valence-corrected chi connectivity index (χ0v) is 5.70. The van der Waals surface area contributed by atoms with Gasteiger partial charge in [-0.3, -0.25) is 0 Å². The van der Waals surface area contributed by atoms with E-state index in [1.54, 1.807) is 6.92 Å². The molecule has 0 aromatic rings. The standard InChI is InChI=1S/C6H10F3N/c1-4-2-5(3-10-4)6(7,8)9/h4-5,10H,2-3H2,1H3/t4-,5+/m1/s1. The molecule has 1 aliphatic heterocycles. The van der Waals surface area contributed by atoms with E-state index in [0.717, 1.165) is 0 Å². The van der Waals surface area contributed by atoms with Crippen LogP contribution in [0.2, 0.25) is 0 Å². The Labute approximate surface area is 57.6 Å². The summed E-state index contributed by atoms with van der Waals surface area (Å²) in [6, 6.07) is 0.0200. The average Bonchev–Trinajstić information content (AvgIpc) is 2.11. The molecule has 10 heavy (non-hydrogen) atoms. The second-order valence-corrected chi connectivity index (χ2v) is 2.78. The quantitative estimate of drug-likeness (QED) is 0.556. The monoisotopic (exact) mass is 153 g/mol. The van der Waals surface area contributed by atoms with Crippen molar-refractivity contribution < 1.29 is 13.2 Å². The van der Waals surface area contributed by atoms with Crippen molar-refractivity contribution in [2.45, 2.75) is 25.6 Å². The number of alkyl halides is 3. The molecule has 1 N–H and O–H groups in total. The highest BCUT2D eigenvalue weighted by Crippen LogP contribution is 2.32. The highest BCUT2D eigenvalue weighted by atomic mass is 19.4. The van der Waals surface area contributed by atoms with Gasteiger partial charge in [0.1, 0.15) is 0 Å². The summed E-state index contributed by atoms with van der Waals surface area (Å²) in [5, 5.41) is 2.76. The Morgan fingerprint density at radius 1 is 1.40 bits per heavy atom. The highest BCUT2D eigenvalue weighted by molar-refractivity contribution is 4.82. The van der Waals surface area contributed by atoms with E-state index in [2.05, 4.69) is 5.32 Å². The topological polar surface area (TPSA) is 12.0 Å². The van der Waals surface area contributed by atoms with Crippen LogP contribution in [-0.4, -0.2) is 18.8 Å². The zero-order chi connectivity index (χ0) is 7.78. The number of hydrogen-bond acceptors (Lipinski definition) is 1. The van der Waals surface area contributed by atoms with Gasteiger partial charge in [0.2, 0.25) is 0 Å². The van der Waals surface area contributed by atoms with Crippen LogP contribution in [0.5, 0.6) is 0 Å². The van der Waals surface area contributed by atoms with Crippen molar-refractivity contribution in [2.24, 2.45) is 5.92 Å². The molecule has 4 heteroatoms. The van der Waals surface area contributed by atoms with E-state index >= 15 is 0 Å². The minimum absolute atomic E-state index is 0.0200. The molecule has 1 aliphatic rings. The SMILES string of the molecule is C[C@@H]1C[C@H](C(F)(F)F)CN1. The largest absolute Gasteiger partial charge is 0.393 e. The molecule has 0 aromatic heterocycles. The van der Waals surface area contributed by atoms with Gasteiger partial charge in [0.25, 0.3) is 0 Å². The second-order valence-electron chi connectivity index (χ2n) is 2.78. The van der Waals surface area contributed by atoms with Gasteiger partial charge in [-0.15, -0.1) is 0 Å². The predicted octanol–water partition coefficient (Wildman–Crippen LogP) is 1.55. The van der Waals surface area contributed by atoms with Crippen molar-refractivity contribution in [3.63, 3.8) is 0 Å². The van der Waals surface area contributed by atoms with Gasteiger partial charge in [0.15, 0.2) is 0 Å². The Morgan fingerprint density at radius 2 is 2.00 bits per heavy atom. The summed E-state index contributed by atoms with van der Waals surface area (Å²) in [6.45, 7) is 1.86. The predicted molar refractivity (Wildman–Crippen MR) is 31.6 cm³/mol. The highest BCUT2D eigenvalue weighted by Gasteiger charge is 2.42. The fourth-order valence-electron chi connectivity index (χ4n) is 1.19. The summed E-state index contributed by atoms with van der Waals surface area (Å²) in [7, 11) is 0. The van der Waals surface area contributed by atoms with Gasteiger partial charge >= 0.3 is 6.18 Å². The summed E-state index contributed by atoms with van der Waals surface area (Å²) >= 11 is 0. The molecule has 1 fully saturated rings. The van der Waals surface area contributed by atoms with Crippen LogP contribution in [0.1, 0.15) is 13.3 Å². The lowest BCUT2D eigenvalue weighted by atomic mass is 10.1. The summed E-state index contributed by atoms with van der Waals surface area (Å²) in [6.07, 6.45) is -3.78. The Hall–Kier alpha value is -0.250. The van der Waals surface area contributed by atoms with Crippen LogP contribution >= 0.6 is 0 Å². The number of nitrogens with one attached hydrogen (secondary N) is 1. The molecule has 0 aromatic carbocycles. The van der Waals surface area contributed by atoms with Crippen LogP contribution in [0.4, 0.5) is 13.2 Å². The normalized spacial score (nSPS) is 34.8. The van der Waals surface area contributed by atoms with Gasteiger partial charge in [-0.2, -0.15) is 13.2 Å². The molecule has 0 unspecified atom stereocenters. The third-order valence-corrected chi connectivity index (χ3v) is 1.81. The van der Waals surface area contributed by atoms with Crippen molar-refractivity contribution in [3.8, 4) is 0 Å². The second kappa shape index (κ2) is 2.42. The van der Waals surface area contributed by atoms with Crippen LogP contribution in [0.15, 0.2) is 0 Å². The maximum absolute atomic E-state index is 11.9. The number of halogens is 3. The van der Waals surface area contributed by atoms with Crippen LogP contribution in [0.3, 0.4) is 0 Å². The van der Waals surface area contributed by atoms with E-state index in [0.29, 0.717) is 0 Å². The van der Waals surface area contributed by atoms with Crippen molar-refractivity contribution in [2.75, 3.05) is 6.54 Å². The first-order valence-corrected chi connectivity index (χ1v) is 3.30. The third kappa shape index (κ3) is 1.62. The van der Waals surface area contributed by atoms with Gasteiger partial charge in [-0.05, 0) is 13.3 Å². The first-order valence-electron chi connectivity index (χ1n) is 3.30. The molecule has 0 spiro atoms. The van der Waals surface area contributed by atoms with E-state index < -0.39 is 12.1 Å². The van der Waals surface area contributed by atoms with E-state index in [9.17, 15) is 13.2 Å². The van der Waals surface area contributed by atoms with Crippen LogP contribution in [0, 0.1) is 5.92 Å². The van der Waals surface area contributed by atoms with Crippen molar-refractivity contribution in [1.29, 1.82) is 0 Å². The Bertz CT molecular complexity index is 121. The van der Waals surface area contributed by atoms with Gasteiger partial charge in [-0.25, -0.2) is 0 Å². The zero-order valence-electron chi connectivity index (χ0n) is 5.70. The van der Waals surface area contributed by atoms with Crippen molar-refractivity contribution in [3.05, 3.63) is 0 Å². The minimum Gasteiger partial charge on any atom is -0.314 e. The summed E-state index contributed by atoms with van der Waals surface area (Å²) in [5.41, 5.74) is 0. The van der Waals surface area contributed by atoms with E-state index in [4.69, 9.17) is 0 Å². The minimum atomic E-state index is -4.00. The number of hydrogen-bond donors (Lipinski definition) is 1. The maximum Gasteiger partial charge on any atom is 0.393 e. The molecular formula is C6H10F3N. The average molecular weight is 153 g/mol. The molecule has 1 heterocycles. The number of rotatable bonds is 0. The molecule has 2 atom stereocenters. The van der Waals surface area contributed by atoms with Crippen molar-refractivity contribution in [1.82, 2.24) is 5.32 Å². The maximum atomic E-state index is 11.9. The first kappa shape index (κ1) is 7.85. The van der Waals surface area contributed by atoms with E-state index in [1.807, 2.05) is 0 Å². The third-order valence-electron chi connectivity index (χ3n) is 1.81. The summed E-state index contributed by atoms with van der Waals surface area (Å²) in [4.78, 5) is 0. The molecule has 0 saturated carbocycles. The van der Waals surface area contributed by atoms with Crippen LogP contribution in [-0.2, 0) is 0 Å². The molecule has 0 bridgehead atoms. The fourth-order valence-corrected chi connectivity index (χ4v) is 1.19. The molecule has 60 valence electrons. The Morgan fingerprint density at radius 3 is 2.20 bits per heavy atom. The Kier molecular flexibility index (Phi) is 1.90.